The lowest BCUT2D eigenvalue weighted by Crippen LogP contribution is -2.47. The minimum Gasteiger partial charge on any atom is -0.488 e. The number of fused-ring (bicyclic) bond motifs is 1. The van der Waals surface area contributed by atoms with Gasteiger partial charge in [-0.1, -0.05) is 6.92 Å². The lowest BCUT2D eigenvalue weighted by atomic mass is 10.0. The van der Waals surface area contributed by atoms with Crippen LogP contribution in [0.1, 0.15) is 38.8 Å². The average molecular weight is 498 g/mol. The Bertz CT molecular complexity index is 1020. The fourth-order valence-corrected chi connectivity index (χ4v) is 4.33. The number of hydrogen-bond acceptors (Lipinski definition) is 6. The number of rotatable bonds is 8. The smallest absolute Gasteiger partial charge is 0.319 e. The minimum atomic E-state index is -0.310. The third-order valence-corrected chi connectivity index (χ3v) is 6.29. The third-order valence-electron chi connectivity index (χ3n) is 6.29. The second-order valence-corrected chi connectivity index (χ2v) is 10.0. The number of anilines is 1. The van der Waals surface area contributed by atoms with E-state index in [1.165, 1.54) is 0 Å². The van der Waals surface area contributed by atoms with Crippen LogP contribution < -0.4 is 15.4 Å². The Morgan fingerprint density at radius 1 is 1.25 bits per heavy atom. The van der Waals surface area contributed by atoms with Crippen molar-refractivity contribution < 1.29 is 19.4 Å². The number of nitrogens with one attached hydrogen (secondary N) is 2. The van der Waals surface area contributed by atoms with Gasteiger partial charge in [0, 0.05) is 55.2 Å². The lowest BCUT2D eigenvalue weighted by Gasteiger charge is -2.34. The van der Waals surface area contributed by atoms with Gasteiger partial charge in [0.25, 0.3) is 0 Å². The summed E-state index contributed by atoms with van der Waals surface area (Å²) in [4.78, 5) is 33.6. The third kappa shape index (κ3) is 7.66. The van der Waals surface area contributed by atoms with E-state index in [1.54, 1.807) is 29.4 Å². The molecule has 1 aliphatic heterocycles. The van der Waals surface area contributed by atoms with Crippen molar-refractivity contribution in [2.24, 2.45) is 5.92 Å². The molecule has 0 saturated heterocycles. The molecule has 9 heteroatoms. The molecule has 196 valence electrons. The molecule has 0 aliphatic carbocycles. The van der Waals surface area contributed by atoms with Crippen LogP contribution >= 0.6 is 0 Å². The molecule has 3 amide bonds. The van der Waals surface area contributed by atoms with Gasteiger partial charge >= 0.3 is 6.03 Å². The van der Waals surface area contributed by atoms with Crippen molar-refractivity contribution in [2.45, 2.75) is 58.8 Å². The summed E-state index contributed by atoms with van der Waals surface area (Å²) in [5.74, 6) is 0.567. The second kappa shape index (κ2) is 12.7. The number of ether oxygens (including phenoxy) is 1. The van der Waals surface area contributed by atoms with Gasteiger partial charge in [-0.3, -0.25) is 14.7 Å². The van der Waals surface area contributed by atoms with Gasteiger partial charge in [-0.15, -0.1) is 0 Å². The van der Waals surface area contributed by atoms with E-state index in [2.05, 4.69) is 27.4 Å². The SMILES string of the molecule is CC(C)NC(=O)Nc1ccc2c(c1)CC(=O)N([C@@H](C)CO)C[C@H](C)[C@@H](CN(C)Cc1ccncc1)O2. The molecule has 1 aromatic carbocycles. The highest BCUT2D eigenvalue weighted by Crippen LogP contribution is 2.29. The van der Waals surface area contributed by atoms with Crippen molar-refractivity contribution in [3.05, 3.63) is 53.9 Å². The van der Waals surface area contributed by atoms with E-state index in [9.17, 15) is 14.7 Å². The maximum absolute atomic E-state index is 13.3. The minimum absolute atomic E-state index is 0.00248. The van der Waals surface area contributed by atoms with Crippen molar-refractivity contribution >= 4 is 17.6 Å². The zero-order valence-electron chi connectivity index (χ0n) is 21.9. The topological polar surface area (TPSA) is 107 Å². The highest BCUT2D eigenvalue weighted by atomic mass is 16.5. The van der Waals surface area contributed by atoms with Crippen LogP contribution in [0.5, 0.6) is 5.75 Å². The van der Waals surface area contributed by atoms with E-state index in [-0.39, 0.29) is 49.1 Å². The molecular formula is C27H39N5O4. The number of amides is 3. The van der Waals surface area contributed by atoms with E-state index in [0.717, 1.165) is 12.1 Å². The van der Waals surface area contributed by atoms with E-state index >= 15 is 0 Å². The maximum Gasteiger partial charge on any atom is 0.319 e. The van der Waals surface area contributed by atoms with Gasteiger partial charge in [0.15, 0.2) is 0 Å². The standard InChI is InChI=1S/C27H39N5O4/c1-18(2)29-27(35)30-23-6-7-24-22(12-23)13-26(34)32(20(4)17-33)14-19(3)25(36-24)16-31(5)15-21-8-10-28-11-9-21/h6-12,18-20,25,33H,13-17H2,1-5H3,(H2,29,30,35)/t19-,20-,25+/m0/s1. The molecule has 1 aliphatic rings. The Hall–Kier alpha value is -3.17. The summed E-state index contributed by atoms with van der Waals surface area (Å²) in [5, 5.41) is 15.4. The van der Waals surface area contributed by atoms with Gasteiger partial charge in [0.1, 0.15) is 11.9 Å². The van der Waals surface area contributed by atoms with Crippen LogP contribution in [0, 0.1) is 5.92 Å². The normalized spacial score (nSPS) is 19.1. The van der Waals surface area contributed by atoms with Crippen molar-refractivity contribution in [3.63, 3.8) is 0 Å². The number of aliphatic hydroxyl groups excluding tert-OH is 1. The van der Waals surface area contributed by atoms with Gasteiger partial charge in [-0.25, -0.2) is 4.79 Å². The van der Waals surface area contributed by atoms with E-state index < -0.39 is 0 Å². The van der Waals surface area contributed by atoms with Crippen LogP contribution in [0.4, 0.5) is 10.5 Å². The Balaban J connectivity index is 1.87. The molecule has 0 spiro atoms. The van der Waals surface area contributed by atoms with Crippen molar-refractivity contribution in [3.8, 4) is 5.75 Å². The average Bonchev–Trinajstić information content (AvgIpc) is 2.86. The quantitative estimate of drug-likeness (QED) is 0.518. The Morgan fingerprint density at radius 3 is 2.64 bits per heavy atom. The summed E-state index contributed by atoms with van der Waals surface area (Å²) in [6.07, 6.45) is 3.49. The number of aromatic nitrogens is 1. The number of aliphatic hydroxyl groups is 1. The van der Waals surface area contributed by atoms with E-state index in [1.807, 2.05) is 46.0 Å². The molecule has 3 atom stereocenters. The molecule has 3 N–H and O–H groups in total. The largest absolute Gasteiger partial charge is 0.488 e. The predicted octanol–water partition coefficient (Wildman–Crippen LogP) is 2.89. The molecule has 3 rings (SSSR count). The molecule has 2 heterocycles. The molecule has 0 saturated carbocycles. The van der Waals surface area contributed by atoms with Gasteiger partial charge in [0.05, 0.1) is 19.1 Å². The summed E-state index contributed by atoms with van der Waals surface area (Å²) < 4.78 is 6.55. The molecule has 36 heavy (non-hydrogen) atoms. The van der Waals surface area contributed by atoms with Crippen LogP contribution in [0.3, 0.4) is 0 Å². The Labute approximate surface area is 213 Å². The first-order chi connectivity index (χ1) is 17.2. The molecule has 2 aromatic rings. The number of pyridine rings is 1. The number of urea groups is 1. The number of benzene rings is 1. The first kappa shape index (κ1) is 27.4. The van der Waals surface area contributed by atoms with Crippen LogP contribution in [0.15, 0.2) is 42.7 Å². The summed E-state index contributed by atoms with van der Waals surface area (Å²) in [5.41, 5.74) is 2.45. The van der Waals surface area contributed by atoms with E-state index in [4.69, 9.17) is 4.74 Å². The first-order valence-corrected chi connectivity index (χ1v) is 12.5. The Kier molecular flexibility index (Phi) is 9.66. The van der Waals surface area contributed by atoms with Crippen LogP contribution in [0.2, 0.25) is 0 Å². The van der Waals surface area contributed by atoms with Crippen LogP contribution in [-0.2, 0) is 17.8 Å². The maximum atomic E-state index is 13.3. The molecule has 0 unspecified atom stereocenters. The molecule has 0 radical (unpaired) electrons. The van der Waals surface area contributed by atoms with E-state index in [0.29, 0.717) is 30.1 Å². The summed E-state index contributed by atoms with van der Waals surface area (Å²) in [6.45, 7) is 9.45. The highest BCUT2D eigenvalue weighted by Gasteiger charge is 2.31. The fourth-order valence-electron chi connectivity index (χ4n) is 4.33. The monoisotopic (exact) mass is 497 g/mol. The van der Waals surface area contributed by atoms with Gasteiger partial charge < -0.3 is 25.4 Å². The lowest BCUT2D eigenvalue weighted by molar-refractivity contribution is -0.134. The molecule has 0 fully saturated rings. The first-order valence-electron chi connectivity index (χ1n) is 12.5. The fraction of sp³-hybridized carbons (Fsp3) is 0.519. The second-order valence-electron chi connectivity index (χ2n) is 10.0. The Morgan fingerprint density at radius 2 is 1.97 bits per heavy atom. The zero-order valence-corrected chi connectivity index (χ0v) is 21.9. The van der Waals surface area contributed by atoms with Crippen molar-refractivity contribution in [1.29, 1.82) is 0 Å². The molecular weight excluding hydrogens is 458 g/mol. The summed E-state index contributed by atoms with van der Waals surface area (Å²) in [6, 6.07) is 8.78. The summed E-state index contributed by atoms with van der Waals surface area (Å²) >= 11 is 0. The van der Waals surface area contributed by atoms with Gasteiger partial charge in [-0.2, -0.15) is 0 Å². The number of hydrogen-bond donors (Lipinski definition) is 3. The molecule has 9 nitrogen and oxygen atoms in total. The number of likely N-dealkylation sites (N-methyl/N-ethyl adjacent to an activating group) is 1. The van der Waals surface area contributed by atoms with Gasteiger partial charge in [-0.05, 0) is 63.7 Å². The van der Waals surface area contributed by atoms with Gasteiger partial charge in [0.2, 0.25) is 5.91 Å². The van der Waals surface area contributed by atoms with Crippen LogP contribution in [-0.4, -0.2) is 76.8 Å². The zero-order chi connectivity index (χ0) is 26.2. The number of carbonyl (C=O) groups is 2. The predicted molar refractivity (Wildman–Crippen MR) is 140 cm³/mol. The number of nitrogens with zero attached hydrogens (tertiary/aromatic N) is 3. The number of carbonyl (C=O) groups excluding carboxylic acids is 2. The van der Waals surface area contributed by atoms with Crippen molar-refractivity contribution in [1.82, 2.24) is 20.1 Å². The van der Waals surface area contributed by atoms with Crippen molar-refractivity contribution in [2.75, 3.05) is 32.1 Å². The molecule has 0 bridgehead atoms. The highest BCUT2D eigenvalue weighted by molar-refractivity contribution is 5.90. The summed E-state index contributed by atoms with van der Waals surface area (Å²) in [7, 11) is 2.05. The molecule has 1 aromatic heterocycles. The van der Waals surface area contributed by atoms with Crippen LogP contribution in [0.25, 0.3) is 0 Å².